The van der Waals surface area contributed by atoms with Gasteiger partial charge in [-0.25, -0.2) is 4.85 Å². The molecule has 4 nitrogen and oxygen atoms in total. The number of benzene rings is 3. The summed E-state index contributed by atoms with van der Waals surface area (Å²) in [4.78, 5) is 15.9. The van der Waals surface area contributed by atoms with E-state index in [4.69, 9.17) is 34.5 Å². The molecule has 3 aromatic rings. The summed E-state index contributed by atoms with van der Waals surface area (Å²) in [6.45, 7) is 11.1. The maximum Gasteiger partial charge on any atom is 0.228 e. The van der Waals surface area contributed by atoms with Crippen molar-refractivity contribution in [3.63, 3.8) is 0 Å². The van der Waals surface area contributed by atoms with E-state index in [0.717, 1.165) is 23.1 Å². The normalized spacial score (nSPS) is 10.4. The Morgan fingerprint density at radius 3 is 2.53 bits per heavy atom. The summed E-state index contributed by atoms with van der Waals surface area (Å²) in [7, 11) is 0. The van der Waals surface area contributed by atoms with Crippen LogP contribution in [0.1, 0.15) is 23.6 Å². The highest BCUT2D eigenvalue weighted by Crippen LogP contribution is 2.32. The molecule has 0 atom stereocenters. The summed E-state index contributed by atoms with van der Waals surface area (Å²) in [6.07, 6.45) is 1.05. The number of aryl methyl sites for hydroxylation is 2. The Morgan fingerprint density at radius 1 is 1.07 bits per heavy atom. The van der Waals surface area contributed by atoms with Crippen molar-refractivity contribution in [2.75, 3.05) is 5.32 Å². The average molecular weight is 439 g/mol. The summed E-state index contributed by atoms with van der Waals surface area (Å²) in [5.41, 5.74) is 3.80. The molecular formula is C24H20Cl2N2O2. The second-order valence-electron chi connectivity index (χ2n) is 6.85. The molecule has 0 saturated heterocycles. The second kappa shape index (κ2) is 9.67. The van der Waals surface area contributed by atoms with Crippen molar-refractivity contribution in [2.45, 2.75) is 26.7 Å². The number of hydrogen-bond donors (Lipinski definition) is 1. The fourth-order valence-corrected chi connectivity index (χ4v) is 3.39. The predicted molar refractivity (Wildman–Crippen MR) is 122 cm³/mol. The number of nitrogens with one attached hydrogen (secondary N) is 1. The van der Waals surface area contributed by atoms with Crippen molar-refractivity contribution in [3.05, 3.63) is 92.8 Å². The van der Waals surface area contributed by atoms with Crippen LogP contribution < -0.4 is 10.1 Å². The number of carbonyl (C=O) groups excluding carboxylic acids is 1. The van der Waals surface area contributed by atoms with E-state index in [1.54, 1.807) is 18.2 Å². The Hall–Kier alpha value is -3.00. The van der Waals surface area contributed by atoms with E-state index >= 15 is 0 Å². The number of halogens is 2. The van der Waals surface area contributed by atoms with Gasteiger partial charge in [0.2, 0.25) is 5.91 Å². The molecule has 1 amide bonds. The number of rotatable bonds is 6. The molecule has 0 fully saturated rings. The molecule has 0 unspecified atom stereocenters. The van der Waals surface area contributed by atoms with E-state index in [0.29, 0.717) is 32.9 Å². The third-order valence-electron chi connectivity index (χ3n) is 4.55. The van der Waals surface area contributed by atoms with E-state index in [2.05, 4.69) is 10.2 Å². The minimum Gasteiger partial charge on any atom is -0.458 e. The minimum atomic E-state index is -0.172. The van der Waals surface area contributed by atoms with Crippen LogP contribution in [0.5, 0.6) is 11.5 Å². The Morgan fingerprint density at radius 2 is 1.83 bits per heavy atom. The van der Waals surface area contributed by atoms with Crippen LogP contribution in [-0.4, -0.2) is 5.91 Å². The van der Waals surface area contributed by atoms with Crippen LogP contribution in [0.2, 0.25) is 10.0 Å². The Labute approximate surface area is 186 Å². The first kappa shape index (κ1) is 21.7. The van der Waals surface area contributed by atoms with Gasteiger partial charge in [-0.1, -0.05) is 48.3 Å². The fraction of sp³-hybridized carbons (Fsp3) is 0.167. The van der Waals surface area contributed by atoms with Crippen LogP contribution in [0.4, 0.5) is 11.4 Å². The van der Waals surface area contributed by atoms with Crippen LogP contribution in [0.25, 0.3) is 4.85 Å². The van der Waals surface area contributed by atoms with Gasteiger partial charge in [0.1, 0.15) is 11.5 Å². The van der Waals surface area contributed by atoms with Crippen LogP contribution >= 0.6 is 23.2 Å². The molecule has 3 aromatic carbocycles. The molecule has 0 bridgehead atoms. The van der Waals surface area contributed by atoms with Crippen LogP contribution in [0, 0.1) is 13.5 Å². The zero-order valence-corrected chi connectivity index (χ0v) is 18.1. The first-order chi connectivity index (χ1) is 14.4. The van der Waals surface area contributed by atoms with Gasteiger partial charge < -0.3 is 10.1 Å². The highest BCUT2D eigenvalue weighted by molar-refractivity contribution is 6.33. The highest BCUT2D eigenvalue weighted by Gasteiger charge is 2.11. The van der Waals surface area contributed by atoms with Gasteiger partial charge in [0.15, 0.2) is 5.69 Å². The largest absolute Gasteiger partial charge is 0.458 e. The van der Waals surface area contributed by atoms with E-state index in [1.165, 1.54) is 0 Å². The van der Waals surface area contributed by atoms with Crippen LogP contribution in [0.3, 0.4) is 0 Å². The van der Waals surface area contributed by atoms with Gasteiger partial charge in [-0.15, -0.1) is 0 Å². The van der Waals surface area contributed by atoms with Gasteiger partial charge in [0.05, 0.1) is 23.7 Å². The lowest BCUT2D eigenvalue weighted by molar-refractivity contribution is -0.115. The fourth-order valence-electron chi connectivity index (χ4n) is 2.92. The van der Waals surface area contributed by atoms with E-state index in [1.807, 2.05) is 50.2 Å². The van der Waals surface area contributed by atoms with Crippen molar-refractivity contribution < 1.29 is 9.53 Å². The van der Waals surface area contributed by atoms with Gasteiger partial charge in [-0.2, -0.15) is 0 Å². The van der Waals surface area contributed by atoms with Gasteiger partial charge in [-0.3, -0.25) is 4.79 Å². The van der Waals surface area contributed by atoms with Crippen molar-refractivity contribution in [1.29, 1.82) is 0 Å². The van der Waals surface area contributed by atoms with Crippen LogP contribution in [-0.2, 0) is 17.6 Å². The molecule has 6 heteroatoms. The highest BCUT2D eigenvalue weighted by atomic mass is 35.5. The summed E-state index contributed by atoms with van der Waals surface area (Å²) in [5.74, 6) is 0.902. The number of carbonyl (C=O) groups is 1. The number of hydrogen-bond acceptors (Lipinski definition) is 2. The van der Waals surface area contributed by atoms with Gasteiger partial charge >= 0.3 is 0 Å². The Bertz CT molecular complexity index is 1140. The summed E-state index contributed by atoms with van der Waals surface area (Å²) < 4.78 is 5.94. The molecule has 0 aliphatic carbocycles. The van der Waals surface area contributed by atoms with Gasteiger partial charge in [-0.05, 0) is 66.4 Å². The predicted octanol–water partition coefficient (Wildman–Crippen LogP) is 7.39. The van der Waals surface area contributed by atoms with Gasteiger partial charge in [0.25, 0.3) is 0 Å². The third-order valence-corrected chi connectivity index (χ3v) is 5.08. The lowest BCUT2D eigenvalue weighted by Gasteiger charge is -2.12. The smallest absolute Gasteiger partial charge is 0.228 e. The van der Waals surface area contributed by atoms with Crippen molar-refractivity contribution in [1.82, 2.24) is 0 Å². The topological polar surface area (TPSA) is 42.7 Å². The maximum absolute atomic E-state index is 12.5. The molecule has 0 radical (unpaired) electrons. The Balaban J connectivity index is 1.74. The van der Waals surface area contributed by atoms with Gasteiger partial charge in [0, 0.05) is 5.02 Å². The lowest BCUT2D eigenvalue weighted by Crippen LogP contribution is -2.14. The SMILES string of the molecule is [C-]#[N+]c1cc(Cl)cc(Oc2cc(CC(=O)Nc3ccc(CC)cc3Cl)ccc2C)c1. The molecule has 1 N–H and O–H groups in total. The summed E-state index contributed by atoms with van der Waals surface area (Å²) >= 11 is 12.3. The minimum absolute atomic E-state index is 0.172. The lowest BCUT2D eigenvalue weighted by atomic mass is 10.1. The number of anilines is 1. The number of nitrogens with zero attached hydrogens (tertiary/aromatic N) is 1. The van der Waals surface area contributed by atoms with E-state index in [9.17, 15) is 4.79 Å². The molecule has 0 spiro atoms. The molecule has 0 aliphatic rings. The first-order valence-electron chi connectivity index (χ1n) is 9.41. The molecule has 152 valence electrons. The maximum atomic E-state index is 12.5. The zero-order valence-electron chi connectivity index (χ0n) is 16.6. The molecule has 0 aromatic heterocycles. The number of ether oxygens (including phenoxy) is 1. The van der Waals surface area contributed by atoms with Crippen molar-refractivity contribution in [2.24, 2.45) is 0 Å². The molecule has 30 heavy (non-hydrogen) atoms. The third kappa shape index (κ3) is 5.54. The summed E-state index contributed by atoms with van der Waals surface area (Å²) in [6, 6.07) is 16.1. The zero-order chi connectivity index (χ0) is 21.7. The number of amides is 1. The monoisotopic (exact) mass is 438 g/mol. The van der Waals surface area contributed by atoms with Crippen molar-refractivity contribution >= 4 is 40.5 Å². The molecule has 0 saturated carbocycles. The quantitative estimate of drug-likeness (QED) is 0.407. The first-order valence-corrected chi connectivity index (χ1v) is 10.2. The van der Waals surface area contributed by atoms with E-state index in [-0.39, 0.29) is 12.3 Å². The Kier molecular flexibility index (Phi) is 6.99. The second-order valence-corrected chi connectivity index (χ2v) is 7.70. The summed E-state index contributed by atoms with van der Waals surface area (Å²) in [5, 5.41) is 3.80. The standard InChI is InChI=1S/C24H20Cl2N2O2/c1-4-16-7-8-22(21(26)9-16)28-24(29)11-17-6-5-15(2)23(10-17)30-20-13-18(25)12-19(14-20)27-3/h5-10,12-14H,4,11H2,1-2H3,(H,28,29). The molecule has 3 rings (SSSR count). The molecular weight excluding hydrogens is 419 g/mol. The average Bonchev–Trinajstić information content (AvgIpc) is 2.71. The van der Waals surface area contributed by atoms with Crippen LogP contribution in [0.15, 0.2) is 54.6 Å². The van der Waals surface area contributed by atoms with E-state index < -0.39 is 0 Å². The molecule has 0 heterocycles. The molecule has 0 aliphatic heterocycles. The van der Waals surface area contributed by atoms with Crippen molar-refractivity contribution in [3.8, 4) is 11.5 Å².